The van der Waals surface area contributed by atoms with Crippen molar-refractivity contribution in [3.05, 3.63) is 71.3 Å². The second-order valence-electron chi connectivity index (χ2n) is 5.10. The third kappa shape index (κ3) is 2.38. The molecule has 3 rings (SSSR count). The van der Waals surface area contributed by atoms with E-state index in [1.165, 1.54) is 5.56 Å². The van der Waals surface area contributed by atoms with Gasteiger partial charge in [-0.2, -0.15) is 5.26 Å². The third-order valence-corrected chi connectivity index (χ3v) is 3.85. The number of aliphatic hydroxyl groups is 1. The molecule has 19 heavy (non-hydrogen) atoms. The fraction of sp³-hybridized carbons (Fsp3) is 0.235. The first-order valence-electron chi connectivity index (χ1n) is 6.52. The molecule has 0 heterocycles. The Morgan fingerprint density at radius 2 is 1.74 bits per heavy atom. The molecule has 1 aliphatic carbocycles. The van der Waals surface area contributed by atoms with Gasteiger partial charge in [-0.15, -0.1) is 0 Å². The average molecular weight is 249 g/mol. The summed E-state index contributed by atoms with van der Waals surface area (Å²) in [6, 6.07) is 19.7. The van der Waals surface area contributed by atoms with Gasteiger partial charge >= 0.3 is 0 Å². The molecule has 0 aromatic heterocycles. The van der Waals surface area contributed by atoms with Crippen LogP contribution in [0.15, 0.2) is 54.6 Å². The number of aliphatic hydroxyl groups excluding tert-OH is 1. The summed E-state index contributed by atoms with van der Waals surface area (Å²) in [7, 11) is 0. The first-order valence-corrected chi connectivity index (χ1v) is 6.52. The molecular formula is C17H15NO. The van der Waals surface area contributed by atoms with Crippen molar-refractivity contribution in [1.82, 2.24) is 0 Å². The van der Waals surface area contributed by atoms with Crippen molar-refractivity contribution >= 4 is 0 Å². The fourth-order valence-corrected chi connectivity index (χ4v) is 2.65. The summed E-state index contributed by atoms with van der Waals surface area (Å²) in [6.45, 7) is 0. The summed E-state index contributed by atoms with van der Waals surface area (Å²) < 4.78 is 0. The third-order valence-electron chi connectivity index (χ3n) is 3.85. The Labute approximate surface area is 112 Å². The Kier molecular flexibility index (Phi) is 3.06. The topological polar surface area (TPSA) is 44.0 Å². The highest BCUT2D eigenvalue weighted by atomic mass is 16.3. The van der Waals surface area contributed by atoms with Crippen LogP contribution < -0.4 is 0 Å². The van der Waals surface area contributed by atoms with E-state index in [1.54, 1.807) is 12.1 Å². The van der Waals surface area contributed by atoms with Gasteiger partial charge < -0.3 is 5.11 Å². The van der Waals surface area contributed by atoms with E-state index in [2.05, 4.69) is 18.2 Å². The van der Waals surface area contributed by atoms with E-state index in [0.29, 0.717) is 17.4 Å². The molecule has 1 aliphatic rings. The van der Waals surface area contributed by atoms with Crippen LogP contribution in [0.4, 0.5) is 0 Å². The predicted octanol–water partition coefficient (Wildman–Crippen LogP) is 3.40. The number of nitriles is 1. The van der Waals surface area contributed by atoms with Crippen molar-refractivity contribution in [2.75, 3.05) is 0 Å². The minimum atomic E-state index is -0.432. The number of hydrogen-bond acceptors (Lipinski definition) is 2. The number of hydrogen-bond donors (Lipinski definition) is 1. The van der Waals surface area contributed by atoms with E-state index >= 15 is 0 Å². The van der Waals surface area contributed by atoms with Crippen molar-refractivity contribution in [1.29, 1.82) is 5.26 Å². The Balaban J connectivity index is 1.72. The van der Waals surface area contributed by atoms with Crippen LogP contribution in [0.25, 0.3) is 0 Å². The van der Waals surface area contributed by atoms with Crippen LogP contribution in [0, 0.1) is 17.2 Å². The maximum Gasteiger partial charge on any atom is 0.0991 e. The Hall–Kier alpha value is -2.11. The van der Waals surface area contributed by atoms with E-state index in [0.717, 1.165) is 12.0 Å². The van der Waals surface area contributed by atoms with Gasteiger partial charge in [0, 0.05) is 0 Å². The van der Waals surface area contributed by atoms with Crippen LogP contribution in [0.1, 0.15) is 35.1 Å². The first-order chi connectivity index (χ1) is 9.29. The van der Waals surface area contributed by atoms with Crippen LogP contribution in [0.2, 0.25) is 0 Å². The lowest BCUT2D eigenvalue weighted by Crippen LogP contribution is -2.01. The maximum atomic E-state index is 10.4. The van der Waals surface area contributed by atoms with Gasteiger partial charge in [0.05, 0.1) is 17.7 Å². The van der Waals surface area contributed by atoms with Gasteiger partial charge in [-0.25, -0.2) is 0 Å². The SMILES string of the molecule is N#Cc1ccc(C(O)C2CC2c2ccccc2)cc1. The van der Waals surface area contributed by atoms with Crippen molar-refractivity contribution in [3.8, 4) is 6.07 Å². The van der Waals surface area contributed by atoms with Crippen LogP contribution in [-0.2, 0) is 0 Å². The molecule has 0 bridgehead atoms. The molecule has 2 aromatic rings. The van der Waals surface area contributed by atoms with Crippen LogP contribution in [0.5, 0.6) is 0 Å². The van der Waals surface area contributed by atoms with Gasteiger partial charge in [0.1, 0.15) is 0 Å². The summed E-state index contributed by atoms with van der Waals surface area (Å²) in [6.07, 6.45) is 0.600. The zero-order valence-electron chi connectivity index (χ0n) is 10.5. The minimum Gasteiger partial charge on any atom is -0.388 e. The van der Waals surface area contributed by atoms with Crippen LogP contribution in [0.3, 0.4) is 0 Å². The molecule has 1 N–H and O–H groups in total. The van der Waals surface area contributed by atoms with E-state index in [4.69, 9.17) is 5.26 Å². The first kappa shape index (κ1) is 12.0. The molecule has 94 valence electrons. The van der Waals surface area contributed by atoms with E-state index in [9.17, 15) is 5.11 Å². The van der Waals surface area contributed by atoms with E-state index in [1.807, 2.05) is 30.3 Å². The predicted molar refractivity (Wildman–Crippen MR) is 73.4 cm³/mol. The second-order valence-corrected chi connectivity index (χ2v) is 5.10. The molecule has 3 atom stereocenters. The lowest BCUT2D eigenvalue weighted by molar-refractivity contribution is 0.151. The molecule has 0 radical (unpaired) electrons. The lowest BCUT2D eigenvalue weighted by Gasteiger charge is -2.10. The molecule has 0 spiro atoms. The molecule has 0 saturated heterocycles. The van der Waals surface area contributed by atoms with Gasteiger partial charge in [-0.05, 0) is 41.5 Å². The summed E-state index contributed by atoms with van der Waals surface area (Å²) in [4.78, 5) is 0. The largest absolute Gasteiger partial charge is 0.388 e. The molecule has 0 aliphatic heterocycles. The standard InChI is InChI=1S/C17H15NO/c18-11-12-6-8-14(9-7-12)17(19)16-10-15(16)13-4-2-1-3-5-13/h1-9,15-17,19H,10H2. The maximum absolute atomic E-state index is 10.4. The second kappa shape index (κ2) is 4.87. The van der Waals surface area contributed by atoms with Gasteiger partial charge in [0.15, 0.2) is 0 Å². The Bertz CT molecular complexity index is 597. The Morgan fingerprint density at radius 1 is 1.05 bits per heavy atom. The summed E-state index contributed by atoms with van der Waals surface area (Å²) in [5, 5.41) is 19.1. The number of nitrogens with zero attached hydrogens (tertiary/aromatic N) is 1. The summed E-state index contributed by atoms with van der Waals surface area (Å²) in [5.74, 6) is 0.766. The summed E-state index contributed by atoms with van der Waals surface area (Å²) >= 11 is 0. The Morgan fingerprint density at radius 3 is 2.37 bits per heavy atom. The van der Waals surface area contributed by atoms with Crippen molar-refractivity contribution in [2.45, 2.75) is 18.4 Å². The summed E-state index contributed by atoms with van der Waals surface area (Å²) in [5.41, 5.74) is 2.84. The normalized spacial score (nSPS) is 22.5. The number of benzene rings is 2. The highest BCUT2D eigenvalue weighted by Gasteiger charge is 2.43. The van der Waals surface area contributed by atoms with Crippen molar-refractivity contribution < 1.29 is 5.11 Å². The van der Waals surface area contributed by atoms with E-state index < -0.39 is 6.10 Å². The average Bonchev–Trinajstić information content (AvgIpc) is 3.28. The van der Waals surface area contributed by atoms with Crippen molar-refractivity contribution in [2.24, 2.45) is 5.92 Å². The lowest BCUT2D eigenvalue weighted by atomic mass is 10.0. The molecule has 3 unspecified atom stereocenters. The molecule has 1 saturated carbocycles. The highest BCUT2D eigenvalue weighted by molar-refractivity contribution is 5.34. The zero-order chi connectivity index (χ0) is 13.2. The molecule has 1 fully saturated rings. The van der Waals surface area contributed by atoms with E-state index in [-0.39, 0.29) is 0 Å². The smallest absolute Gasteiger partial charge is 0.0991 e. The van der Waals surface area contributed by atoms with Gasteiger partial charge in [-0.1, -0.05) is 42.5 Å². The number of rotatable bonds is 3. The van der Waals surface area contributed by atoms with Crippen LogP contribution in [-0.4, -0.2) is 5.11 Å². The quantitative estimate of drug-likeness (QED) is 0.906. The monoisotopic (exact) mass is 249 g/mol. The molecular weight excluding hydrogens is 234 g/mol. The molecule has 2 nitrogen and oxygen atoms in total. The molecule has 2 aromatic carbocycles. The van der Waals surface area contributed by atoms with Gasteiger partial charge in [0.25, 0.3) is 0 Å². The van der Waals surface area contributed by atoms with Crippen LogP contribution >= 0.6 is 0 Å². The van der Waals surface area contributed by atoms with Crippen molar-refractivity contribution in [3.63, 3.8) is 0 Å². The minimum absolute atomic E-state index is 0.301. The molecule has 0 amide bonds. The van der Waals surface area contributed by atoms with Gasteiger partial charge in [-0.3, -0.25) is 0 Å². The zero-order valence-corrected chi connectivity index (χ0v) is 10.5. The highest BCUT2D eigenvalue weighted by Crippen LogP contribution is 2.53. The molecule has 2 heteroatoms. The fourth-order valence-electron chi connectivity index (χ4n) is 2.65. The van der Waals surface area contributed by atoms with Gasteiger partial charge in [0.2, 0.25) is 0 Å².